The van der Waals surface area contributed by atoms with E-state index in [4.69, 9.17) is 10.5 Å². The summed E-state index contributed by atoms with van der Waals surface area (Å²) in [5.41, 5.74) is 6.57. The zero-order valence-electron chi connectivity index (χ0n) is 9.20. The topological polar surface area (TPSA) is 76.0 Å². The van der Waals surface area contributed by atoms with Crippen molar-refractivity contribution in [2.75, 3.05) is 20.3 Å². The first-order valence-corrected chi connectivity index (χ1v) is 5.26. The Labute approximate surface area is 90.4 Å². The van der Waals surface area contributed by atoms with Crippen LogP contribution in [0.5, 0.6) is 0 Å². The van der Waals surface area contributed by atoms with Gasteiger partial charge in [0.05, 0.1) is 12.9 Å². The van der Waals surface area contributed by atoms with Crippen LogP contribution >= 0.6 is 0 Å². The lowest BCUT2D eigenvalue weighted by molar-refractivity contribution is 0.161. The minimum absolute atomic E-state index is 0.363. The van der Waals surface area contributed by atoms with E-state index in [1.807, 2.05) is 6.20 Å². The molecule has 1 aromatic heterocycles. The number of nitrogens with zero attached hydrogens (tertiary/aromatic N) is 1. The summed E-state index contributed by atoms with van der Waals surface area (Å²) in [4.78, 5) is 7.01. The third-order valence-corrected chi connectivity index (χ3v) is 2.26. The summed E-state index contributed by atoms with van der Waals surface area (Å²) < 4.78 is 5.14. The molecule has 0 radical (unpaired) electrons. The van der Waals surface area contributed by atoms with Crippen LogP contribution in [0.3, 0.4) is 0 Å². The summed E-state index contributed by atoms with van der Waals surface area (Å²) in [6.45, 7) is 2.23. The normalized spacial score (nSPS) is 12.9. The monoisotopic (exact) mass is 212 g/mol. The van der Waals surface area contributed by atoms with Crippen molar-refractivity contribution in [3.63, 3.8) is 0 Å². The fourth-order valence-electron chi connectivity index (χ4n) is 1.45. The summed E-state index contributed by atoms with van der Waals surface area (Å²) >= 11 is 0. The van der Waals surface area contributed by atoms with E-state index >= 15 is 0 Å². The van der Waals surface area contributed by atoms with Gasteiger partial charge in [-0.15, -0.1) is 0 Å². The zero-order valence-corrected chi connectivity index (χ0v) is 9.20. The van der Waals surface area contributed by atoms with Crippen LogP contribution in [0.15, 0.2) is 12.5 Å². The van der Waals surface area contributed by atoms with Gasteiger partial charge in [0.2, 0.25) is 0 Å². The molecule has 0 aliphatic heterocycles. The standard InChI is InChI=1S/C10H20N4O/c1-15-7-9(3-2-4-11)13-6-10-5-12-8-14-10/h5,8-9,13H,2-4,6-7,11H2,1H3,(H,12,14). The number of aromatic nitrogens is 2. The van der Waals surface area contributed by atoms with Gasteiger partial charge in [0.25, 0.3) is 0 Å². The quantitative estimate of drug-likeness (QED) is 0.577. The Bertz CT molecular complexity index is 238. The van der Waals surface area contributed by atoms with Gasteiger partial charge in [0.1, 0.15) is 0 Å². The van der Waals surface area contributed by atoms with Gasteiger partial charge in [-0.05, 0) is 19.4 Å². The van der Waals surface area contributed by atoms with Gasteiger partial charge in [0, 0.05) is 31.6 Å². The molecule has 0 amide bonds. The van der Waals surface area contributed by atoms with E-state index in [1.54, 1.807) is 13.4 Å². The molecule has 1 rings (SSSR count). The summed E-state index contributed by atoms with van der Waals surface area (Å²) in [7, 11) is 1.72. The van der Waals surface area contributed by atoms with Gasteiger partial charge in [-0.3, -0.25) is 0 Å². The molecule has 5 heteroatoms. The van der Waals surface area contributed by atoms with Gasteiger partial charge in [-0.1, -0.05) is 0 Å². The molecule has 0 aliphatic carbocycles. The van der Waals surface area contributed by atoms with Crippen molar-refractivity contribution in [2.24, 2.45) is 5.73 Å². The van der Waals surface area contributed by atoms with Crippen LogP contribution in [-0.2, 0) is 11.3 Å². The number of aromatic amines is 1. The van der Waals surface area contributed by atoms with Crippen LogP contribution in [0.4, 0.5) is 0 Å². The molecular formula is C10H20N4O. The summed E-state index contributed by atoms with van der Waals surface area (Å²) in [5, 5.41) is 3.41. The minimum Gasteiger partial charge on any atom is -0.383 e. The van der Waals surface area contributed by atoms with Crippen LogP contribution in [0, 0.1) is 0 Å². The van der Waals surface area contributed by atoms with E-state index in [0.29, 0.717) is 12.6 Å². The predicted octanol–water partition coefficient (Wildman–Crippen LogP) is 0.253. The molecule has 1 heterocycles. The van der Waals surface area contributed by atoms with Crippen molar-refractivity contribution < 1.29 is 4.74 Å². The van der Waals surface area contributed by atoms with E-state index in [9.17, 15) is 0 Å². The van der Waals surface area contributed by atoms with Gasteiger partial charge in [-0.2, -0.15) is 0 Å². The highest BCUT2D eigenvalue weighted by Gasteiger charge is 2.07. The largest absolute Gasteiger partial charge is 0.383 e. The molecule has 5 nitrogen and oxygen atoms in total. The second-order valence-electron chi connectivity index (χ2n) is 3.54. The molecular weight excluding hydrogens is 192 g/mol. The predicted molar refractivity (Wildman–Crippen MR) is 59.4 cm³/mol. The van der Waals surface area contributed by atoms with E-state index in [0.717, 1.165) is 31.6 Å². The Hall–Kier alpha value is -0.910. The number of nitrogens with two attached hydrogens (primary N) is 1. The number of ether oxygens (including phenoxy) is 1. The highest BCUT2D eigenvalue weighted by atomic mass is 16.5. The molecule has 4 N–H and O–H groups in total. The van der Waals surface area contributed by atoms with Crippen molar-refractivity contribution in [1.29, 1.82) is 0 Å². The third kappa shape index (κ3) is 4.92. The molecule has 0 aliphatic rings. The molecule has 1 atom stereocenters. The molecule has 0 saturated heterocycles. The van der Waals surface area contributed by atoms with Crippen LogP contribution in [0.25, 0.3) is 0 Å². The molecule has 0 bridgehead atoms. The smallest absolute Gasteiger partial charge is 0.0922 e. The first-order chi connectivity index (χ1) is 7.36. The second-order valence-corrected chi connectivity index (χ2v) is 3.54. The highest BCUT2D eigenvalue weighted by Crippen LogP contribution is 1.99. The average molecular weight is 212 g/mol. The molecule has 15 heavy (non-hydrogen) atoms. The number of H-pyrrole nitrogens is 1. The summed E-state index contributed by atoms with van der Waals surface area (Å²) in [6.07, 6.45) is 5.56. The molecule has 1 unspecified atom stereocenters. The number of imidazole rings is 1. The number of hydrogen-bond donors (Lipinski definition) is 3. The van der Waals surface area contributed by atoms with Crippen molar-refractivity contribution >= 4 is 0 Å². The first kappa shape index (κ1) is 12.2. The molecule has 1 aromatic rings. The van der Waals surface area contributed by atoms with Gasteiger partial charge >= 0.3 is 0 Å². The maximum Gasteiger partial charge on any atom is 0.0922 e. The fourth-order valence-corrected chi connectivity index (χ4v) is 1.45. The molecule has 0 saturated carbocycles. The first-order valence-electron chi connectivity index (χ1n) is 5.26. The fraction of sp³-hybridized carbons (Fsp3) is 0.700. The molecule has 0 spiro atoms. The van der Waals surface area contributed by atoms with E-state index < -0.39 is 0 Å². The number of methoxy groups -OCH3 is 1. The zero-order chi connectivity index (χ0) is 10.9. The van der Waals surface area contributed by atoms with Crippen LogP contribution in [0.1, 0.15) is 18.5 Å². The van der Waals surface area contributed by atoms with Crippen LogP contribution < -0.4 is 11.1 Å². The second kappa shape index (κ2) is 7.39. The van der Waals surface area contributed by atoms with E-state index in [1.165, 1.54) is 0 Å². The Morgan fingerprint density at radius 2 is 2.53 bits per heavy atom. The highest BCUT2D eigenvalue weighted by molar-refractivity contribution is 4.93. The van der Waals surface area contributed by atoms with Crippen molar-refractivity contribution in [2.45, 2.75) is 25.4 Å². The Morgan fingerprint density at radius 3 is 3.13 bits per heavy atom. The van der Waals surface area contributed by atoms with Crippen molar-refractivity contribution in [1.82, 2.24) is 15.3 Å². The Kier molecular flexibility index (Phi) is 5.99. The van der Waals surface area contributed by atoms with E-state index in [2.05, 4.69) is 15.3 Å². The maximum absolute atomic E-state index is 5.48. The third-order valence-electron chi connectivity index (χ3n) is 2.26. The van der Waals surface area contributed by atoms with Crippen molar-refractivity contribution in [3.05, 3.63) is 18.2 Å². The van der Waals surface area contributed by atoms with Crippen molar-refractivity contribution in [3.8, 4) is 0 Å². The lowest BCUT2D eigenvalue weighted by Gasteiger charge is -2.16. The lowest BCUT2D eigenvalue weighted by Crippen LogP contribution is -2.33. The number of rotatable bonds is 8. The van der Waals surface area contributed by atoms with Crippen LogP contribution in [-0.4, -0.2) is 36.3 Å². The average Bonchev–Trinajstić information content (AvgIpc) is 2.75. The van der Waals surface area contributed by atoms with Gasteiger partial charge < -0.3 is 20.8 Å². The molecule has 0 aromatic carbocycles. The summed E-state index contributed by atoms with van der Waals surface area (Å²) in [6, 6.07) is 0.363. The van der Waals surface area contributed by atoms with Gasteiger partial charge in [0.15, 0.2) is 0 Å². The summed E-state index contributed by atoms with van der Waals surface area (Å²) in [5.74, 6) is 0. The minimum atomic E-state index is 0.363. The molecule has 0 fully saturated rings. The van der Waals surface area contributed by atoms with E-state index in [-0.39, 0.29) is 0 Å². The Morgan fingerprint density at radius 1 is 1.67 bits per heavy atom. The molecule has 86 valence electrons. The lowest BCUT2D eigenvalue weighted by atomic mass is 10.1. The number of nitrogens with one attached hydrogen (secondary N) is 2. The number of hydrogen-bond acceptors (Lipinski definition) is 4. The SMILES string of the molecule is COCC(CCCN)NCc1cnc[nH]1. The maximum atomic E-state index is 5.48. The van der Waals surface area contributed by atoms with Gasteiger partial charge in [-0.25, -0.2) is 4.98 Å². The van der Waals surface area contributed by atoms with Crippen LogP contribution in [0.2, 0.25) is 0 Å². The Balaban J connectivity index is 2.24.